The van der Waals surface area contributed by atoms with Crippen molar-refractivity contribution in [2.45, 2.75) is 102 Å². The highest BCUT2D eigenvalue weighted by atomic mass is 31.1. The van der Waals surface area contributed by atoms with Crippen molar-refractivity contribution in [3.8, 4) is 0 Å². The first-order valence-corrected chi connectivity index (χ1v) is 26.2. The first-order valence-electron chi connectivity index (χ1n) is 13.4. The van der Waals surface area contributed by atoms with Gasteiger partial charge in [-0.3, -0.25) is 9.59 Å². The topological polar surface area (TPSA) is 76.7 Å². The number of carbonyl (C=O) groups excluding carboxylic acids is 2. The maximum atomic E-state index is 12.5. The van der Waals surface area contributed by atoms with E-state index >= 15 is 0 Å². The zero-order chi connectivity index (χ0) is 28.0. The van der Waals surface area contributed by atoms with Gasteiger partial charge in [-0.2, -0.15) is 0 Å². The molecule has 0 aromatic heterocycles. The van der Waals surface area contributed by atoms with Crippen molar-refractivity contribution in [2.75, 3.05) is 33.1 Å². The van der Waals surface area contributed by atoms with Crippen LogP contribution in [0.2, 0.25) is 57.0 Å². The fraction of sp³-hybridized carbons (Fsp3) is 0.840. The lowest BCUT2D eigenvalue weighted by Gasteiger charge is -2.38. The molecule has 0 saturated heterocycles. The summed E-state index contributed by atoms with van der Waals surface area (Å²) < 4.78 is 12.9. The number of nitrogens with one attached hydrogen (secondary N) is 2. The van der Waals surface area contributed by atoms with Gasteiger partial charge in [-0.15, -0.1) is 8.58 Å². The van der Waals surface area contributed by atoms with Gasteiger partial charge in [0, 0.05) is 32.5 Å². The van der Waals surface area contributed by atoms with Gasteiger partial charge in [0.2, 0.25) is 11.8 Å². The van der Waals surface area contributed by atoms with Crippen LogP contribution in [0.15, 0.2) is 12.2 Å². The Morgan fingerprint density at radius 2 is 1.61 bits per heavy atom. The third-order valence-corrected chi connectivity index (χ3v) is 23.3. The summed E-state index contributed by atoms with van der Waals surface area (Å²) in [7, 11) is -3.58. The van der Waals surface area contributed by atoms with Crippen LogP contribution >= 0.6 is 17.2 Å². The molecule has 2 amide bonds. The van der Waals surface area contributed by atoms with Crippen LogP contribution in [0.1, 0.15) is 33.1 Å². The van der Waals surface area contributed by atoms with Crippen molar-refractivity contribution >= 4 is 53.7 Å². The number of hydrogen-bond acceptors (Lipinski definition) is 4. The molecule has 212 valence electrons. The third-order valence-electron chi connectivity index (χ3n) is 6.20. The Labute approximate surface area is 229 Å². The van der Waals surface area contributed by atoms with Crippen molar-refractivity contribution in [1.82, 2.24) is 10.6 Å². The van der Waals surface area contributed by atoms with E-state index in [1.54, 1.807) is 6.92 Å². The zero-order valence-electron chi connectivity index (χ0n) is 24.9. The quantitative estimate of drug-likeness (QED) is 0.0786. The second-order valence-corrected chi connectivity index (χ2v) is 29.1. The van der Waals surface area contributed by atoms with Gasteiger partial charge in [-0.1, -0.05) is 54.1 Å². The Balaban J connectivity index is 4.44. The molecule has 0 bridgehead atoms. The Kier molecular flexibility index (Phi) is 17.7. The van der Waals surface area contributed by atoms with Gasteiger partial charge in [0.1, 0.15) is 5.78 Å². The lowest BCUT2D eigenvalue weighted by atomic mass is 10.3. The summed E-state index contributed by atoms with van der Waals surface area (Å²) in [5.41, 5.74) is 2.05. The fourth-order valence-corrected chi connectivity index (χ4v) is 25.4. The van der Waals surface area contributed by atoms with Gasteiger partial charge in [0.15, 0.2) is 16.6 Å². The molecular formula is C25H56N2O4P2Si3. The van der Waals surface area contributed by atoms with Crippen LogP contribution in [-0.2, 0) is 18.4 Å². The summed E-state index contributed by atoms with van der Waals surface area (Å²) in [4.78, 5) is 24.4. The molecule has 0 aliphatic rings. The molecule has 6 nitrogen and oxygen atoms in total. The van der Waals surface area contributed by atoms with E-state index in [9.17, 15) is 9.59 Å². The molecule has 4 unspecified atom stereocenters. The monoisotopic (exact) mass is 594 g/mol. The molecule has 11 heteroatoms. The average molecular weight is 595 g/mol. The number of unbranched alkanes of at least 4 members (excludes halogenated alkanes) is 1. The van der Waals surface area contributed by atoms with Crippen LogP contribution in [-0.4, -0.2) is 81.1 Å². The highest BCUT2D eigenvalue weighted by molar-refractivity contribution is 7.39. The standard InChI is InChI=1S/C25H56N2O4P2Si3/c1-12-13-16-34(6,7)20-36(10,11)31-35(8,9)17-14-15-30-19-22(32-4)18-26-24(29)25(33-5)27-23(28)21(2)3/h22,25,32-33H,2,12-20H2,1,3-11H3,(H,26,29)(H,27,28). The molecule has 0 aromatic rings. The minimum absolute atomic E-state index is 0.133. The lowest BCUT2D eigenvalue weighted by Crippen LogP contribution is -2.49. The van der Waals surface area contributed by atoms with Crippen LogP contribution in [0.3, 0.4) is 0 Å². The van der Waals surface area contributed by atoms with E-state index in [2.05, 4.69) is 70.1 Å². The summed E-state index contributed by atoms with van der Waals surface area (Å²) in [5, 5.41) is 5.74. The summed E-state index contributed by atoms with van der Waals surface area (Å²) in [6, 6.07) is 2.54. The molecule has 0 aliphatic carbocycles. The lowest BCUT2D eigenvalue weighted by molar-refractivity contribution is -0.125. The van der Waals surface area contributed by atoms with Crippen LogP contribution < -0.4 is 10.6 Å². The molecule has 0 radical (unpaired) electrons. The van der Waals surface area contributed by atoms with Gasteiger partial charge >= 0.3 is 0 Å². The predicted molar refractivity (Wildman–Crippen MR) is 170 cm³/mol. The largest absolute Gasteiger partial charge is 0.456 e. The van der Waals surface area contributed by atoms with E-state index in [0.29, 0.717) is 27.3 Å². The fourth-order valence-electron chi connectivity index (χ4n) is 4.65. The Morgan fingerprint density at radius 3 is 2.14 bits per heavy atom. The molecular weight excluding hydrogens is 538 g/mol. The maximum absolute atomic E-state index is 12.5. The van der Waals surface area contributed by atoms with E-state index in [4.69, 9.17) is 8.85 Å². The molecule has 0 spiro atoms. The van der Waals surface area contributed by atoms with E-state index in [-0.39, 0.29) is 26.1 Å². The average Bonchev–Trinajstić information content (AvgIpc) is 2.75. The molecule has 4 atom stereocenters. The minimum Gasteiger partial charge on any atom is -0.456 e. The second-order valence-electron chi connectivity index (χ2n) is 12.0. The Hall–Kier alpha value is 0.111. The molecule has 0 fully saturated rings. The van der Waals surface area contributed by atoms with Crippen LogP contribution in [0.5, 0.6) is 0 Å². The van der Waals surface area contributed by atoms with Gasteiger partial charge in [-0.25, -0.2) is 0 Å². The number of ether oxygens (including phenoxy) is 1. The van der Waals surface area contributed by atoms with E-state index in [1.807, 2.05) is 6.66 Å². The highest BCUT2D eigenvalue weighted by Gasteiger charge is 2.37. The Morgan fingerprint density at radius 1 is 0.972 bits per heavy atom. The molecule has 36 heavy (non-hydrogen) atoms. The first kappa shape index (κ1) is 36.1. The summed E-state index contributed by atoms with van der Waals surface area (Å²) in [5.74, 6) is -0.910. The zero-order valence-corrected chi connectivity index (χ0v) is 29.9. The number of rotatable bonds is 20. The number of amides is 2. The van der Waals surface area contributed by atoms with Gasteiger partial charge < -0.3 is 19.5 Å². The molecule has 0 aliphatic heterocycles. The molecule has 0 saturated carbocycles. The second kappa shape index (κ2) is 17.6. The van der Waals surface area contributed by atoms with Crippen LogP contribution in [0.4, 0.5) is 0 Å². The molecule has 0 heterocycles. The van der Waals surface area contributed by atoms with Gasteiger partial charge in [-0.05, 0) is 64.6 Å². The SMILES string of the molecule is C=C(C)C(=O)NC(PC)C(=O)NCC(COCCC[Si](C)(C)O[Si](C)(C)C[Si](C)(C)CCCC)PC. The summed E-state index contributed by atoms with van der Waals surface area (Å²) >= 11 is 0. The predicted octanol–water partition coefficient (Wildman–Crippen LogP) is 5.99. The molecule has 0 aromatic carbocycles. The molecule has 2 N–H and O–H groups in total. The van der Waals surface area contributed by atoms with Crippen LogP contribution in [0, 0.1) is 0 Å². The minimum atomic E-state index is -1.72. The van der Waals surface area contributed by atoms with E-state index in [1.165, 1.54) is 24.6 Å². The number of carbonyl (C=O) groups is 2. The van der Waals surface area contributed by atoms with Gasteiger partial charge in [0.05, 0.1) is 6.61 Å². The van der Waals surface area contributed by atoms with E-state index < -0.39 is 30.5 Å². The van der Waals surface area contributed by atoms with Crippen molar-refractivity contribution in [3.05, 3.63) is 12.2 Å². The normalized spacial score (nSPS) is 14.9. The van der Waals surface area contributed by atoms with Crippen molar-refractivity contribution in [3.63, 3.8) is 0 Å². The van der Waals surface area contributed by atoms with Crippen molar-refractivity contribution in [2.24, 2.45) is 0 Å². The van der Waals surface area contributed by atoms with Gasteiger partial charge in [0.25, 0.3) is 0 Å². The first-order chi connectivity index (χ1) is 16.6. The molecule has 0 rings (SSSR count). The summed E-state index contributed by atoms with van der Waals surface area (Å²) in [6.45, 7) is 28.2. The van der Waals surface area contributed by atoms with Crippen molar-refractivity contribution in [1.29, 1.82) is 0 Å². The highest BCUT2D eigenvalue weighted by Crippen LogP contribution is 2.29. The smallest absolute Gasteiger partial charge is 0.247 e. The Bertz CT molecular complexity index is 694. The van der Waals surface area contributed by atoms with E-state index in [0.717, 1.165) is 19.1 Å². The number of hydrogen-bond donors (Lipinski definition) is 2. The van der Waals surface area contributed by atoms with Crippen molar-refractivity contribution < 1.29 is 18.4 Å². The third kappa shape index (κ3) is 16.8. The van der Waals surface area contributed by atoms with Crippen LogP contribution in [0.25, 0.3) is 0 Å². The maximum Gasteiger partial charge on any atom is 0.247 e. The summed E-state index contributed by atoms with van der Waals surface area (Å²) in [6.07, 6.45) is 3.67.